The Morgan fingerprint density at radius 1 is 0.680 bits per heavy atom. The minimum absolute atomic E-state index is 0.323. The lowest BCUT2D eigenvalue weighted by Crippen LogP contribution is -2.67. The third-order valence-corrected chi connectivity index (χ3v) is 8.71. The van der Waals surface area contributed by atoms with Crippen LogP contribution in [0, 0.1) is 22.7 Å². The Balaban J connectivity index is 3.85. The van der Waals surface area contributed by atoms with Crippen molar-refractivity contribution in [1.29, 1.82) is 0 Å². The van der Waals surface area contributed by atoms with Gasteiger partial charge in [-0.25, -0.2) is 8.78 Å². The van der Waals surface area contributed by atoms with Crippen molar-refractivity contribution in [2.45, 2.75) is 148 Å². The zero-order valence-electron chi connectivity index (χ0n) is 28.5. The van der Waals surface area contributed by atoms with Gasteiger partial charge in [0.25, 0.3) is 0 Å². The highest BCUT2D eigenvalue weighted by Crippen LogP contribution is 2.65. The fraction of sp³-hybridized carbons (Fsp3) is 0.933. The molecule has 0 bridgehead atoms. The van der Waals surface area contributed by atoms with Crippen molar-refractivity contribution in [3.8, 4) is 0 Å². The maximum Gasteiger partial charge on any atom is 0.435 e. The van der Waals surface area contributed by atoms with Gasteiger partial charge in [-0.1, -0.05) is 41.5 Å². The smallest absolute Gasteiger partial charge is 0.375 e. The first-order valence-electron chi connectivity index (χ1n) is 15.0. The van der Waals surface area contributed by atoms with Crippen LogP contribution in [0.4, 0.5) is 74.6 Å². The van der Waals surface area contributed by atoms with Crippen molar-refractivity contribution >= 4 is 0 Å². The van der Waals surface area contributed by atoms with E-state index in [0.29, 0.717) is 13.3 Å². The van der Waals surface area contributed by atoms with Crippen molar-refractivity contribution in [2.75, 3.05) is 6.61 Å². The van der Waals surface area contributed by atoms with E-state index >= 15 is 8.78 Å². The van der Waals surface area contributed by atoms with Crippen molar-refractivity contribution in [3.63, 3.8) is 0 Å². The van der Waals surface area contributed by atoms with Gasteiger partial charge in [0.2, 0.25) is 0 Å². The van der Waals surface area contributed by atoms with E-state index in [1.807, 2.05) is 20.8 Å². The maximum atomic E-state index is 15.2. The highest BCUT2D eigenvalue weighted by atomic mass is 19.4. The summed E-state index contributed by atoms with van der Waals surface area (Å²) in [7, 11) is 0. The number of aliphatic hydroxyl groups excluding tert-OH is 1. The van der Waals surface area contributed by atoms with Gasteiger partial charge in [0.1, 0.15) is 0 Å². The highest BCUT2D eigenvalue weighted by Gasteiger charge is 2.87. The van der Waals surface area contributed by atoms with Crippen LogP contribution in [0.2, 0.25) is 0 Å². The van der Waals surface area contributed by atoms with Crippen LogP contribution < -0.4 is 0 Å². The number of alkyl halides is 17. The number of ether oxygens (including phenoxy) is 2. The standard InChI is InChI=1S/C30H41F17O3/c1-20(2,3)14-16(21(4,5)6)19(48)50-22(7,8)12-13-49-23(9)11-10-15(23)17(26(33,34)35)18(24(31,27(36,37)38)28(39,40)41)25(32,29(42,43)44)30(45,46)47/h15-16,19,48H,10-14H2,1-9H3. The molecule has 4 atom stereocenters. The summed E-state index contributed by atoms with van der Waals surface area (Å²) in [4.78, 5) is 0. The van der Waals surface area contributed by atoms with Gasteiger partial charge in [-0.2, -0.15) is 65.9 Å². The van der Waals surface area contributed by atoms with E-state index in [-0.39, 0.29) is 5.41 Å². The van der Waals surface area contributed by atoms with Gasteiger partial charge in [-0.05, 0) is 57.3 Å². The van der Waals surface area contributed by atoms with Crippen molar-refractivity contribution in [2.24, 2.45) is 22.7 Å². The summed E-state index contributed by atoms with van der Waals surface area (Å²) in [5, 5.41) is 10.9. The Morgan fingerprint density at radius 2 is 1.06 bits per heavy atom. The van der Waals surface area contributed by atoms with Crippen LogP contribution in [0.1, 0.15) is 88.0 Å². The first kappa shape index (κ1) is 46.5. The molecule has 0 radical (unpaired) electrons. The number of halogens is 17. The maximum absolute atomic E-state index is 15.2. The molecule has 0 aromatic heterocycles. The summed E-state index contributed by atoms with van der Waals surface area (Å²) >= 11 is 0. The van der Waals surface area contributed by atoms with Gasteiger partial charge >= 0.3 is 42.2 Å². The second-order valence-electron chi connectivity index (χ2n) is 15.6. The summed E-state index contributed by atoms with van der Waals surface area (Å²) in [5.41, 5.74) is -30.7. The third kappa shape index (κ3) is 9.50. The molecule has 4 unspecified atom stereocenters. The Hall–Kier alpha value is -1.57. The zero-order valence-corrected chi connectivity index (χ0v) is 28.5. The van der Waals surface area contributed by atoms with Gasteiger partial charge in [0, 0.05) is 23.0 Å². The van der Waals surface area contributed by atoms with Crippen LogP contribution in [0.15, 0.2) is 11.1 Å². The quantitative estimate of drug-likeness (QED) is 0.129. The molecule has 0 heterocycles. The SMILES string of the molecule is CC(C)(C)CC(C(O)OC(C)(C)CCOC1(C)CCC1C(=C(C(F)(C(F)(F)F)C(F)(F)F)C(F)(C(F)(F)F)C(F)(F)F)C(F)(F)F)C(C)(C)C. The molecule has 0 aromatic carbocycles. The minimum Gasteiger partial charge on any atom is -0.375 e. The van der Waals surface area contributed by atoms with E-state index in [4.69, 9.17) is 9.47 Å². The van der Waals surface area contributed by atoms with Gasteiger partial charge in [0.05, 0.1) is 17.8 Å². The number of allylic oxidation sites excluding steroid dienone is 1. The lowest BCUT2D eigenvalue weighted by molar-refractivity contribution is -0.365. The van der Waals surface area contributed by atoms with E-state index in [9.17, 15) is 71.0 Å². The fourth-order valence-corrected chi connectivity index (χ4v) is 5.82. The summed E-state index contributed by atoms with van der Waals surface area (Å²) in [5.74, 6) is -3.82. The molecule has 1 rings (SSSR count). The first-order valence-corrected chi connectivity index (χ1v) is 15.0. The summed E-state index contributed by atoms with van der Waals surface area (Å²) in [6, 6.07) is 0. The summed E-state index contributed by atoms with van der Waals surface area (Å²) in [6.07, 6.45) is -42.8. The molecule has 1 saturated carbocycles. The molecule has 298 valence electrons. The Kier molecular flexibility index (Phi) is 12.7. The molecule has 1 aliphatic carbocycles. The molecular formula is C30H41F17O3. The van der Waals surface area contributed by atoms with Gasteiger partial charge in [0.15, 0.2) is 6.29 Å². The Bertz CT molecular complexity index is 1130. The average Bonchev–Trinajstić information content (AvgIpc) is 2.80. The van der Waals surface area contributed by atoms with Crippen LogP contribution in [0.5, 0.6) is 0 Å². The lowest BCUT2D eigenvalue weighted by atomic mass is 9.62. The van der Waals surface area contributed by atoms with Crippen molar-refractivity contribution < 1.29 is 89.2 Å². The molecule has 3 nitrogen and oxygen atoms in total. The zero-order chi connectivity index (χ0) is 40.3. The molecule has 0 aromatic rings. The second kappa shape index (κ2) is 13.7. The van der Waals surface area contributed by atoms with E-state index in [1.54, 1.807) is 20.8 Å². The van der Waals surface area contributed by atoms with Crippen LogP contribution in [-0.2, 0) is 9.47 Å². The van der Waals surface area contributed by atoms with E-state index in [0.717, 1.165) is 0 Å². The molecule has 1 aliphatic rings. The van der Waals surface area contributed by atoms with Gasteiger partial charge < -0.3 is 14.6 Å². The molecule has 0 aliphatic heterocycles. The molecule has 20 heteroatoms. The molecular weight excluding hydrogens is 731 g/mol. The fourth-order valence-electron chi connectivity index (χ4n) is 5.82. The highest BCUT2D eigenvalue weighted by molar-refractivity contribution is 5.45. The molecule has 1 N–H and O–H groups in total. The number of rotatable bonds is 11. The molecule has 0 saturated heterocycles. The molecule has 0 amide bonds. The minimum atomic E-state index is -8.15. The number of hydrogen-bond donors (Lipinski definition) is 1. The number of hydrogen-bond acceptors (Lipinski definition) is 3. The normalized spacial score (nSPS) is 22.3. The average molecular weight is 773 g/mol. The predicted octanol–water partition coefficient (Wildman–Crippen LogP) is 11.3. The molecule has 1 fully saturated rings. The largest absolute Gasteiger partial charge is 0.435 e. The Labute approximate surface area is 277 Å². The topological polar surface area (TPSA) is 38.7 Å². The van der Waals surface area contributed by atoms with Crippen LogP contribution in [0.25, 0.3) is 0 Å². The predicted molar refractivity (Wildman–Crippen MR) is 145 cm³/mol. The van der Waals surface area contributed by atoms with Crippen molar-refractivity contribution in [1.82, 2.24) is 0 Å². The van der Waals surface area contributed by atoms with Gasteiger partial charge in [-0.15, -0.1) is 0 Å². The lowest BCUT2D eigenvalue weighted by Gasteiger charge is -2.51. The second-order valence-corrected chi connectivity index (χ2v) is 15.6. The monoisotopic (exact) mass is 772 g/mol. The Morgan fingerprint density at radius 3 is 1.32 bits per heavy atom. The molecule has 50 heavy (non-hydrogen) atoms. The van der Waals surface area contributed by atoms with Crippen LogP contribution in [-0.4, -0.2) is 71.4 Å². The summed E-state index contributed by atoms with van der Waals surface area (Å²) < 4.78 is 249. The van der Waals surface area contributed by atoms with Crippen LogP contribution >= 0.6 is 0 Å². The van der Waals surface area contributed by atoms with E-state index < -0.39 is 114 Å². The van der Waals surface area contributed by atoms with Crippen molar-refractivity contribution in [3.05, 3.63) is 11.1 Å². The third-order valence-electron chi connectivity index (χ3n) is 8.71. The summed E-state index contributed by atoms with van der Waals surface area (Å²) in [6.45, 7) is 13.3. The molecule has 0 spiro atoms. The number of aliphatic hydroxyl groups is 1. The van der Waals surface area contributed by atoms with E-state index in [1.165, 1.54) is 13.8 Å². The first-order chi connectivity index (χ1) is 21.5. The van der Waals surface area contributed by atoms with Gasteiger partial charge in [-0.3, -0.25) is 0 Å². The van der Waals surface area contributed by atoms with E-state index in [2.05, 4.69) is 0 Å². The van der Waals surface area contributed by atoms with Crippen LogP contribution in [0.3, 0.4) is 0 Å².